The molecule has 1 saturated carbocycles. The molecule has 1 saturated heterocycles. The standard InChI is InChI=1S/C27H34N4O3/c32-25-13-7-12-24-21-14-20(17-31(24)25)16-30(18-21)27(34)29-23(15-19-8-3-1-4-9-19)26(33)28-22-10-5-2-6-11-22/h1,3-4,7-9,12-13,20-23H,2,5-6,10-11,14-18H2,(H,28,33)(H,29,34)/t20-,21-,23-/m0/s1. The number of carbonyl (C=O) groups is 2. The first-order chi connectivity index (χ1) is 16.6. The fraction of sp³-hybridized carbons (Fsp3) is 0.519. The maximum Gasteiger partial charge on any atom is 0.318 e. The van der Waals surface area contributed by atoms with E-state index in [0.29, 0.717) is 26.1 Å². The molecule has 2 aromatic rings. The van der Waals surface area contributed by atoms with Crippen LogP contribution in [0.15, 0.2) is 53.3 Å². The van der Waals surface area contributed by atoms with Gasteiger partial charge in [-0.2, -0.15) is 0 Å². The molecule has 3 atom stereocenters. The summed E-state index contributed by atoms with van der Waals surface area (Å²) in [6.45, 7) is 1.81. The molecule has 1 aliphatic carbocycles. The number of piperidine rings is 1. The van der Waals surface area contributed by atoms with Crippen LogP contribution in [0.25, 0.3) is 0 Å². The molecule has 7 heteroatoms. The van der Waals surface area contributed by atoms with E-state index in [1.807, 2.05) is 45.9 Å². The Labute approximate surface area is 200 Å². The number of aromatic nitrogens is 1. The van der Waals surface area contributed by atoms with E-state index in [-0.39, 0.29) is 35.4 Å². The number of amides is 3. The zero-order chi connectivity index (χ0) is 23.5. The van der Waals surface area contributed by atoms with Crippen molar-refractivity contribution in [3.05, 3.63) is 70.1 Å². The zero-order valence-corrected chi connectivity index (χ0v) is 19.6. The van der Waals surface area contributed by atoms with Crippen LogP contribution < -0.4 is 16.2 Å². The van der Waals surface area contributed by atoms with E-state index < -0.39 is 6.04 Å². The molecule has 1 aromatic heterocycles. The van der Waals surface area contributed by atoms with Crippen molar-refractivity contribution >= 4 is 11.9 Å². The molecule has 3 aliphatic rings. The average Bonchev–Trinajstić information content (AvgIpc) is 2.85. The van der Waals surface area contributed by atoms with Crippen molar-refractivity contribution in [3.63, 3.8) is 0 Å². The summed E-state index contributed by atoms with van der Waals surface area (Å²) in [6.07, 6.45) is 6.97. The lowest BCUT2D eigenvalue weighted by Crippen LogP contribution is -2.57. The number of likely N-dealkylation sites (tertiary alicyclic amines) is 1. The molecule has 2 bridgehead atoms. The van der Waals surface area contributed by atoms with Crippen molar-refractivity contribution in [1.29, 1.82) is 0 Å². The number of urea groups is 1. The van der Waals surface area contributed by atoms with Crippen LogP contribution in [0.5, 0.6) is 0 Å². The summed E-state index contributed by atoms with van der Waals surface area (Å²) in [7, 11) is 0. The van der Waals surface area contributed by atoms with Crippen molar-refractivity contribution in [3.8, 4) is 0 Å². The molecule has 180 valence electrons. The van der Waals surface area contributed by atoms with E-state index >= 15 is 0 Å². The summed E-state index contributed by atoms with van der Waals surface area (Å²) >= 11 is 0. The fourth-order valence-corrected chi connectivity index (χ4v) is 5.91. The number of rotatable bonds is 5. The van der Waals surface area contributed by atoms with Gasteiger partial charge < -0.3 is 20.1 Å². The third-order valence-electron chi connectivity index (χ3n) is 7.62. The molecule has 3 heterocycles. The Hall–Kier alpha value is -3.09. The van der Waals surface area contributed by atoms with E-state index in [0.717, 1.165) is 43.4 Å². The van der Waals surface area contributed by atoms with Crippen LogP contribution in [0, 0.1) is 5.92 Å². The molecule has 2 N–H and O–H groups in total. The number of nitrogens with one attached hydrogen (secondary N) is 2. The average molecular weight is 463 g/mol. The number of hydrogen-bond donors (Lipinski definition) is 2. The highest BCUT2D eigenvalue weighted by atomic mass is 16.2. The Morgan fingerprint density at radius 2 is 1.74 bits per heavy atom. The summed E-state index contributed by atoms with van der Waals surface area (Å²) in [6, 6.07) is 14.6. The van der Waals surface area contributed by atoms with E-state index in [1.165, 1.54) is 6.42 Å². The molecule has 2 fully saturated rings. The smallest absolute Gasteiger partial charge is 0.318 e. The molecule has 0 spiro atoms. The topological polar surface area (TPSA) is 83.4 Å². The maximum absolute atomic E-state index is 13.4. The highest BCUT2D eigenvalue weighted by molar-refractivity contribution is 5.87. The molecule has 3 amide bonds. The maximum atomic E-state index is 13.4. The third-order valence-corrected chi connectivity index (χ3v) is 7.62. The van der Waals surface area contributed by atoms with Crippen LogP contribution in [-0.4, -0.2) is 46.6 Å². The lowest BCUT2D eigenvalue weighted by Gasteiger charge is -2.43. The molecule has 34 heavy (non-hydrogen) atoms. The van der Waals surface area contributed by atoms with Gasteiger partial charge in [-0.25, -0.2) is 4.79 Å². The minimum absolute atomic E-state index is 0.0346. The van der Waals surface area contributed by atoms with Crippen LogP contribution in [-0.2, 0) is 17.8 Å². The number of nitrogens with zero attached hydrogens (tertiary/aromatic N) is 2. The Kier molecular flexibility index (Phi) is 6.70. The van der Waals surface area contributed by atoms with Crippen LogP contribution in [0.2, 0.25) is 0 Å². The van der Waals surface area contributed by atoms with E-state index in [9.17, 15) is 14.4 Å². The molecule has 7 nitrogen and oxygen atoms in total. The van der Waals surface area contributed by atoms with Gasteiger partial charge in [0.1, 0.15) is 6.04 Å². The molecule has 1 aromatic carbocycles. The number of benzene rings is 1. The van der Waals surface area contributed by atoms with Crippen molar-refractivity contribution < 1.29 is 9.59 Å². The van der Waals surface area contributed by atoms with E-state index in [4.69, 9.17) is 0 Å². The van der Waals surface area contributed by atoms with E-state index in [2.05, 4.69) is 10.6 Å². The van der Waals surface area contributed by atoms with Gasteiger partial charge in [-0.3, -0.25) is 9.59 Å². The van der Waals surface area contributed by atoms with Gasteiger partial charge in [0.2, 0.25) is 5.91 Å². The minimum atomic E-state index is -0.617. The Morgan fingerprint density at radius 3 is 2.53 bits per heavy atom. The number of fused-ring (bicyclic) bond motifs is 4. The summed E-state index contributed by atoms with van der Waals surface area (Å²) < 4.78 is 1.86. The highest BCUT2D eigenvalue weighted by Gasteiger charge is 2.37. The second-order valence-corrected chi connectivity index (χ2v) is 10.1. The van der Waals surface area contributed by atoms with Gasteiger partial charge in [-0.05, 0) is 36.8 Å². The van der Waals surface area contributed by atoms with Crippen molar-refractivity contribution in [2.75, 3.05) is 13.1 Å². The first-order valence-corrected chi connectivity index (χ1v) is 12.7. The molecule has 0 unspecified atom stereocenters. The highest BCUT2D eigenvalue weighted by Crippen LogP contribution is 2.34. The van der Waals surface area contributed by atoms with Gasteiger partial charge in [0, 0.05) is 49.8 Å². The minimum Gasteiger partial charge on any atom is -0.352 e. The summed E-state index contributed by atoms with van der Waals surface area (Å²) in [5.41, 5.74) is 2.07. The quantitative estimate of drug-likeness (QED) is 0.717. The van der Waals surface area contributed by atoms with Crippen molar-refractivity contribution in [2.24, 2.45) is 5.92 Å². The van der Waals surface area contributed by atoms with Crippen LogP contribution >= 0.6 is 0 Å². The van der Waals surface area contributed by atoms with Crippen LogP contribution in [0.4, 0.5) is 4.79 Å². The van der Waals surface area contributed by atoms with Gasteiger partial charge in [-0.1, -0.05) is 55.7 Å². The third kappa shape index (κ3) is 5.03. The second kappa shape index (κ2) is 10.0. The van der Waals surface area contributed by atoms with Gasteiger partial charge in [-0.15, -0.1) is 0 Å². The molecular formula is C27H34N4O3. The SMILES string of the molecule is O=C(NC1CCCCC1)[C@H](Cc1ccccc1)NC(=O)N1C[C@@H]2C[C@@H](C1)c1cccc(=O)n1C2. The zero-order valence-electron chi connectivity index (χ0n) is 19.6. The Bertz CT molecular complexity index is 1080. The predicted octanol–water partition coefficient (Wildman–Crippen LogP) is 3.04. The summed E-state index contributed by atoms with van der Waals surface area (Å²) in [5, 5.41) is 6.25. The first-order valence-electron chi connectivity index (χ1n) is 12.7. The summed E-state index contributed by atoms with van der Waals surface area (Å²) in [4.78, 5) is 40.8. The molecule has 5 rings (SSSR count). The molecule has 2 aliphatic heterocycles. The lowest BCUT2D eigenvalue weighted by atomic mass is 9.83. The lowest BCUT2D eigenvalue weighted by molar-refractivity contribution is -0.123. The monoisotopic (exact) mass is 462 g/mol. The number of pyridine rings is 1. The fourth-order valence-electron chi connectivity index (χ4n) is 5.91. The molecule has 0 radical (unpaired) electrons. The Balaban J connectivity index is 1.29. The van der Waals surface area contributed by atoms with Crippen molar-refractivity contribution in [1.82, 2.24) is 20.1 Å². The second-order valence-electron chi connectivity index (χ2n) is 10.1. The van der Waals surface area contributed by atoms with Gasteiger partial charge in [0.25, 0.3) is 5.56 Å². The summed E-state index contributed by atoms with van der Waals surface area (Å²) in [5.74, 6) is 0.301. The number of hydrogen-bond acceptors (Lipinski definition) is 3. The van der Waals surface area contributed by atoms with Gasteiger partial charge in [0.15, 0.2) is 0 Å². The first kappa shape index (κ1) is 22.7. The Morgan fingerprint density at radius 1 is 0.941 bits per heavy atom. The van der Waals surface area contributed by atoms with Crippen molar-refractivity contribution in [2.45, 2.75) is 69.5 Å². The van der Waals surface area contributed by atoms with Gasteiger partial charge >= 0.3 is 6.03 Å². The number of carbonyl (C=O) groups excluding carboxylic acids is 2. The largest absolute Gasteiger partial charge is 0.352 e. The predicted molar refractivity (Wildman–Crippen MR) is 131 cm³/mol. The normalized spacial score (nSPS) is 23.0. The van der Waals surface area contributed by atoms with Crippen LogP contribution in [0.1, 0.15) is 55.7 Å². The van der Waals surface area contributed by atoms with E-state index in [1.54, 1.807) is 12.1 Å². The molecular weight excluding hydrogens is 428 g/mol. The van der Waals surface area contributed by atoms with Gasteiger partial charge in [0.05, 0.1) is 0 Å². The van der Waals surface area contributed by atoms with Crippen LogP contribution in [0.3, 0.4) is 0 Å².